The number of hydrogen-bond donors (Lipinski definition) is 3. The molecule has 0 aromatic rings. The van der Waals surface area contributed by atoms with Gasteiger partial charge in [-0.2, -0.15) is 0 Å². The molecule has 0 saturated heterocycles. The summed E-state index contributed by atoms with van der Waals surface area (Å²) in [6, 6.07) is 0. The van der Waals surface area contributed by atoms with Crippen molar-refractivity contribution in [3.05, 3.63) is 0 Å². The van der Waals surface area contributed by atoms with E-state index in [4.69, 9.17) is 17.2 Å². The van der Waals surface area contributed by atoms with Crippen molar-refractivity contribution in [1.29, 1.82) is 0 Å². The Labute approximate surface area is 54.6 Å². The van der Waals surface area contributed by atoms with Crippen molar-refractivity contribution in [2.75, 3.05) is 0 Å². The van der Waals surface area contributed by atoms with E-state index in [0.717, 1.165) is 0 Å². The van der Waals surface area contributed by atoms with Crippen molar-refractivity contribution in [3.8, 4) is 0 Å². The van der Waals surface area contributed by atoms with Crippen LogP contribution in [0.3, 0.4) is 0 Å². The van der Waals surface area contributed by atoms with Crippen molar-refractivity contribution in [2.45, 2.75) is 19.1 Å². The van der Waals surface area contributed by atoms with Crippen LogP contribution >= 0.6 is 0 Å². The molecule has 3 nitrogen and oxygen atoms in total. The minimum atomic E-state index is -0.958. The molecule has 7 heavy (non-hydrogen) atoms. The van der Waals surface area contributed by atoms with Crippen molar-refractivity contribution in [2.24, 2.45) is 17.2 Å². The molecule has 0 aliphatic carbocycles. The number of rotatable bonds is 1. The van der Waals surface area contributed by atoms with Crippen LogP contribution in [-0.4, -0.2) is 23.4 Å². The second-order valence-corrected chi connectivity index (χ2v) is 1.47. The van der Waals surface area contributed by atoms with Crippen LogP contribution in [0, 0.1) is 0 Å². The fraction of sp³-hybridized carbons (Fsp3) is 1.00. The van der Waals surface area contributed by atoms with E-state index in [1.165, 1.54) is 0 Å². The zero-order valence-electron chi connectivity index (χ0n) is 3.94. The van der Waals surface area contributed by atoms with E-state index in [-0.39, 0.29) is 17.6 Å². The normalized spacial score (nSPS) is 10.3. The molecule has 0 atom stereocenters. The van der Waals surface area contributed by atoms with Crippen LogP contribution in [-0.2, 0) is 0 Å². The first-order valence-electron chi connectivity index (χ1n) is 1.93. The second kappa shape index (κ2) is 3.43. The molecule has 6 N–H and O–H groups in total. The summed E-state index contributed by atoms with van der Waals surface area (Å²) < 4.78 is 0. The van der Waals surface area contributed by atoms with E-state index in [1.807, 2.05) is 6.92 Å². The first-order chi connectivity index (χ1) is 2.56. The third-order valence-electron chi connectivity index (χ3n) is 0.612. The van der Waals surface area contributed by atoms with Gasteiger partial charge in [-0.3, -0.25) is 0 Å². The maximum absolute atomic E-state index is 5.09. The van der Waals surface area contributed by atoms with E-state index in [0.29, 0.717) is 6.42 Å². The predicted molar refractivity (Wildman–Crippen MR) is 36.9 cm³/mol. The number of hydrogen-bond acceptors (Lipinski definition) is 3. The summed E-state index contributed by atoms with van der Waals surface area (Å²) in [7, 11) is 0. The Morgan fingerprint density at radius 1 is 1.29 bits per heavy atom. The third-order valence-corrected chi connectivity index (χ3v) is 0.612. The van der Waals surface area contributed by atoms with Gasteiger partial charge in [0, 0.05) is 0 Å². The van der Waals surface area contributed by atoms with E-state index in [2.05, 4.69) is 0 Å². The van der Waals surface area contributed by atoms with Crippen molar-refractivity contribution in [1.82, 2.24) is 0 Å². The van der Waals surface area contributed by atoms with Crippen LogP contribution in [0.2, 0.25) is 0 Å². The van der Waals surface area contributed by atoms with Gasteiger partial charge in [0.25, 0.3) is 0 Å². The Kier molecular flexibility index (Phi) is 5.10. The third kappa shape index (κ3) is 10.7. The van der Waals surface area contributed by atoms with E-state index < -0.39 is 5.79 Å². The Balaban J connectivity index is 0. The zero-order chi connectivity index (χ0) is 5.21. The average Bonchev–Trinajstić information content (AvgIpc) is 1.35. The minimum absolute atomic E-state index is 0. The van der Waals surface area contributed by atoms with Gasteiger partial charge in [0.05, 0.1) is 0 Å². The maximum atomic E-state index is 5.09. The Bertz CT molecular complexity index is 39.9. The van der Waals surface area contributed by atoms with Crippen molar-refractivity contribution >= 4 is 17.6 Å². The molecule has 0 aromatic carbocycles. The van der Waals surface area contributed by atoms with Crippen LogP contribution in [0.4, 0.5) is 0 Å². The van der Waals surface area contributed by atoms with Crippen molar-refractivity contribution < 1.29 is 0 Å². The molecule has 0 rings (SSSR count). The first kappa shape index (κ1) is 10.4. The van der Waals surface area contributed by atoms with Gasteiger partial charge in [0.1, 0.15) is 5.79 Å². The quantitative estimate of drug-likeness (QED) is 0.297. The van der Waals surface area contributed by atoms with Gasteiger partial charge in [-0.15, -0.1) is 0 Å². The number of nitrogens with two attached hydrogens (primary N) is 3. The van der Waals surface area contributed by atoms with Gasteiger partial charge in [-0.05, 0) is 6.42 Å². The topological polar surface area (TPSA) is 78.1 Å². The first-order valence-corrected chi connectivity index (χ1v) is 1.93. The van der Waals surface area contributed by atoms with Crippen LogP contribution in [0.25, 0.3) is 0 Å². The zero-order valence-corrected chi connectivity index (χ0v) is 3.94. The van der Waals surface area contributed by atoms with Crippen molar-refractivity contribution in [3.63, 3.8) is 0 Å². The Morgan fingerprint density at radius 3 is 1.43 bits per heavy atom. The molecule has 0 spiro atoms. The molecule has 0 heterocycles. The second-order valence-electron chi connectivity index (χ2n) is 1.47. The molecule has 0 saturated carbocycles. The molecule has 0 aliphatic rings. The van der Waals surface area contributed by atoms with Gasteiger partial charge < -0.3 is 17.2 Å². The molecule has 0 unspecified atom stereocenters. The summed E-state index contributed by atoms with van der Waals surface area (Å²) in [5.41, 5.74) is 15.3. The van der Waals surface area contributed by atoms with Gasteiger partial charge >= 0.3 is 17.6 Å². The molecule has 0 radical (unpaired) electrons. The fourth-order valence-electron chi connectivity index (χ4n) is 0. The molecule has 0 amide bonds. The van der Waals surface area contributed by atoms with Gasteiger partial charge in [0.2, 0.25) is 0 Å². The molecular weight excluding hydrogens is 151 g/mol. The summed E-state index contributed by atoms with van der Waals surface area (Å²) in [4.78, 5) is 0. The molecule has 0 bridgehead atoms. The van der Waals surface area contributed by atoms with Crippen LogP contribution < -0.4 is 17.2 Å². The van der Waals surface area contributed by atoms with Gasteiger partial charge in [-0.25, -0.2) is 0 Å². The SMILES string of the molecule is CCC(N)(N)N.[GeH4]. The summed E-state index contributed by atoms with van der Waals surface area (Å²) in [5, 5.41) is 0. The summed E-state index contributed by atoms with van der Waals surface area (Å²) in [5.74, 6) is -0.958. The molecule has 46 valence electrons. The van der Waals surface area contributed by atoms with E-state index in [1.54, 1.807) is 0 Å². The van der Waals surface area contributed by atoms with Crippen LogP contribution in [0.15, 0.2) is 0 Å². The standard InChI is InChI=1S/C3H11N3.GeH4/c1-2-3(4,5)6;/h2,4-6H2,1H3;1H4. The van der Waals surface area contributed by atoms with E-state index in [9.17, 15) is 0 Å². The summed E-state index contributed by atoms with van der Waals surface area (Å²) >= 11 is 0. The van der Waals surface area contributed by atoms with Crippen LogP contribution in [0.1, 0.15) is 13.3 Å². The predicted octanol–water partition coefficient (Wildman–Crippen LogP) is -2.53. The van der Waals surface area contributed by atoms with Gasteiger partial charge in [-0.1, -0.05) is 6.92 Å². The molecule has 0 aliphatic heterocycles. The average molecular weight is 166 g/mol. The molecule has 0 fully saturated rings. The summed E-state index contributed by atoms with van der Waals surface area (Å²) in [6.07, 6.45) is 0.604. The summed E-state index contributed by atoms with van der Waals surface area (Å²) in [6.45, 7) is 1.83. The monoisotopic (exact) mass is 167 g/mol. The molecule has 4 heteroatoms. The van der Waals surface area contributed by atoms with Crippen LogP contribution in [0.5, 0.6) is 0 Å². The van der Waals surface area contributed by atoms with E-state index >= 15 is 0 Å². The van der Waals surface area contributed by atoms with Gasteiger partial charge in [0.15, 0.2) is 0 Å². The molecular formula is C3H15GeN3. The Morgan fingerprint density at radius 2 is 1.43 bits per heavy atom. The fourth-order valence-corrected chi connectivity index (χ4v) is 0. The molecule has 0 aromatic heterocycles. The Hall–Kier alpha value is 0.423.